The maximum Gasteiger partial charge on any atom is 0.262 e. The molecule has 1 N–H and O–H groups in total. The molecule has 2 fully saturated rings. The van der Waals surface area contributed by atoms with Crippen molar-refractivity contribution in [1.29, 1.82) is 0 Å². The van der Waals surface area contributed by atoms with Crippen LogP contribution in [0.15, 0.2) is 78.9 Å². The average molecular weight is 597 g/mol. The summed E-state index contributed by atoms with van der Waals surface area (Å²) in [5, 5.41) is 4.64. The molecule has 2 aliphatic heterocycles. The van der Waals surface area contributed by atoms with Gasteiger partial charge in [0, 0.05) is 13.0 Å². The fourth-order valence-corrected chi connectivity index (χ4v) is 11.3. The van der Waals surface area contributed by atoms with Crippen LogP contribution in [0.5, 0.6) is 5.75 Å². The maximum absolute atomic E-state index is 13.2. The smallest absolute Gasteiger partial charge is 0.262 e. The van der Waals surface area contributed by atoms with Crippen molar-refractivity contribution in [3.05, 3.63) is 90.0 Å². The summed E-state index contributed by atoms with van der Waals surface area (Å²) in [5.74, 6) is -1.23. The summed E-state index contributed by atoms with van der Waals surface area (Å²) in [6.07, 6.45) is 1.83. The Bertz CT molecular complexity index is 1520. The second kappa shape index (κ2) is 11.2. The molecule has 2 heterocycles. The number of piperidine rings is 1. The van der Waals surface area contributed by atoms with Gasteiger partial charge in [-0.05, 0) is 58.8 Å². The molecule has 8 nitrogen and oxygen atoms in total. The highest BCUT2D eigenvalue weighted by molar-refractivity contribution is 6.99. The Labute approximate surface area is 252 Å². The standard InChI is InChI=1S/C34H36N2O6Si/c1-34(2,3)43(25-10-6-4-7-11-25,26-12-8-5-9-13-26)41-21-22-18-24(19-22)42-23-14-15-27-28(20-23)33(40)36(32(27)39)29-16-17-30(37)35-31(29)38/h4-15,20,22,24,29H,16-19,21H2,1-3H3,(H,35,37,38). The van der Waals surface area contributed by atoms with Crippen LogP contribution in [0.3, 0.4) is 0 Å². The van der Waals surface area contributed by atoms with Crippen molar-refractivity contribution in [3.8, 4) is 5.75 Å². The zero-order chi connectivity index (χ0) is 30.4. The van der Waals surface area contributed by atoms with Crippen molar-refractivity contribution in [3.63, 3.8) is 0 Å². The molecule has 0 radical (unpaired) electrons. The number of nitrogens with one attached hydrogen (secondary N) is 1. The highest BCUT2D eigenvalue weighted by Gasteiger charge is 2.51. The SMILES string of the molecule is CC(C)(C)[Si](OCC1CC(Oc2ccc3c(c2)C(=O)N(C2CCC(=O)NC2=O)C3=O)C1)(c1ccccc1)c1ccccc1. The molecule has 222 valence electrons. The van der Waals surface area contributed by atoms with E-state index in [1.807, 2.05) is 12.1 Å². The summed E-state index contributed by atoms with van der Waals surface area (Å²) in [4.78, 5) is 51.0. The molecule has 1 aliphatic carbocycles. The molecule has 43 heavy (non-hydrogen) atoms. The van der Waals surface area contributed by atoms with Gasteiger partial charge in [-0.25, -0.2) is 0 Å². The van der Waals surface area contributed by atoms with E-state index in [0.717, 1.165) is 17.7 Å². The van der Waals surface area contributed by atoms with Gasteiger partial charge in [0.2, 0.25) is 11.8 Å². The van der Waals surface area contributed by atoms with E-state index < -0.39 is 38.0 Å². The van der Waals surface area contributed by atoms with Gasteiger partial charge >= 0.3 is 0 Å². The third-order valence-electron chi connectivity index (χ3n) is 8.86. The molecule has 1 saturated heterocycles. The Morgan fingerprint density at radius 1 is 0.837 bits per heavy atom. The first-order valence-corrected chi connectivity index (χ1v) is 16.8. The second-order valence-electron chi connectivity index (χ2n) is 12.7. The normalized spacial score (nSPS) is 22.2. The summed E-state index contributed by atoms with van der Waals surface area (Å²) in [6.45, 7) is 7.44. The van der Waals surface area contributed by atoms with E-state index in [4.69, 9.17) is 9.16 Å². The van der Waals surface area contributed by atoms with Gasteiger partial charge in [0.25, 0.3) is 20.1 Å². The lowest BCUT2D eigenvalue weighted by Crippen LogP contribution is -2.67. The minimum absolute atomic E-state index is 0.0238. The molecule has 0 spiro atoms. The quantitative estimate of drug-likeness (QED) is 0.314. The number of hydrogen-bond acceptors (Lipinski definition) is 6. The molecular formula is C34H36N2O6Si. The predicted octanol–water partition coefficient (Wildman–Crippen LogP) is 3.82. The number of carbonyl (C=O) groups is 4. The topological polar surface area (TPSA) is 102 Å². The number of nitrogens with zero attached hydrogens (tertiary/aromatic N) is 1. The molecule has 9 heteroatoms. The fraction of sp³-hybridized carbons (Fsp3) is 0.353. The molecule has 1 unspecified atom stereocenters. The van der Waals surface area contributed by atoms with E-state index in [-0.39, 0.29) is 35.1 Å². The Kier molecular flexibility index (Phi) is 7.56. The molecule has 0 aromatic heterocycles. The summed E-state index contributed by atoms with van der Waals surface area (Å²) in [5.41, 5.74) is 0.463. The molecule has 1 saturated carbocycles. The molecule has 6 rings (SSSR count). The largest absolute Gasteiger partial charge is 0.490 e. The Morgan fingerprint density at radius 2 is 1.44 bits per heavy atom. The third kappa shape index (κ3) is 5.21. The van der Waals surface area contributed by atoms with Crippen LogP contribution in [0.4, 0.5) is 0 Å². The zero-order valence-corrected chi connectivity index (χ0v) is 25.7. The van der Waals surface area contributed by atoms with E-state index in [1.54, 1.807) is 18.2 Å². The molecule has 0 bridgehead atoms. The number of rotatable bonds is 8. The minimum Gasteiger partial charge on any atom is -0.490 e. The van der Waals surface area contributed by atoms with Crippen LogP contribution in [0, 0.1) is 5.92 Å². The van der Waals surface area contributed by atoms with Crippen molar-refractivity contribution >= 4 is 42.3 Å². The van der Waals surface area contributed by atoms with Crippen LogP contribution in [-0.4, -0.2) is 55.6 Å². The van der Waals surface area contributed by atoms with Gasteiger partial charge in [0.15, 0.2) is 0 Å². The second-order valence-corrected chi connectivity index (χ2v) is 17.0. The minimum atomic E-state index is -2.61. The lowest BCUT2D eigenvalue weighted by atomic mass is 9.83. The zero-order valence-electron chi connectivity index (χ0n) is 24.7. The first-order chi connectivity index (χ1) is 20.6. The predicted molar refractivity (Wildman–Crippen MR) is 164 cm³/mol. The van der Waals surface area contributed by atoms with Crippen LogP contribution in [0.1, 0.15) is 67.2 Å². The molecular weight excluding hydrogens is 560 g/mol. The van der Waals surface area contributed by atoms with Gasteiger partial charge in [-0.2, -0.15) is 0 Å². The van der Waals surface area contributed by atoms with E-state index in [1.165, 1.54) is 10.4 Å². The fourth-order valence-electron chi connectivity index (χ4n) is 6.63. The van der Waals surface area contributed by atoms with Crippen LogP contribution in [-0.2, 0) is 14.0 Å². The van der Waals surface area contributed by atoms with E-state index in [2.05, 4.69) is 74.6 Å². The third-order valence-corrected chi connectivity index (χ3v) is 13.9. The Hall–Kier alpha value is -4.08. The van der Waals surface area contributed by atoms with Gasteiger partial charge in [0.1, 0.15) is 11.8 Å². The molecule has 1 atom stereocenters. The molecule has 3 aromatic rings. The lowest BCUT2D eigenvalue weighted by molar-refractivity contribution is -0.136. The summed E-state index contributed by atoms with van der Waals surface area (Å²) in [7, 11) is -2.61. The summed E-state index contributed by atoms with van der Waals surface area (Å²) < 4.78 is 13.3. The Morgan fingerprint density at radius 3 is 2.02 bits per heavy atom. The van der Waals surface area contributed by atoms with E-state index in [0.29, 0.717) is 18.3 Å². The van der Waals surface area contributed by atoms with Crippen LogP contribution in [0.25, 0.3) is 0 Å². The van der Waals surface area contributed by atoms with Gasteiger partial charge in [-0.15, -0.1) is 0 Å². The lowest BCUT2D eigenvalue weighted by Gasteiger charge is -2.45. The average Bonchev–Trinajstić information content (AvgIpc) is 3.21. The number of benzene rings is 3. The van der Waals surface area contributed by atoms with E-state index in [9.17, 15) is 19.2 Å². The number of hydrogen-bond donors (Lipinski definition) is 1. The van der Waals surface area contributed by atoms with Crippen LogP contribution < -0.4 is 20.4 Å². The number of carbonyl (C=O) groups excluding carboxylic acids is 4. The van der Waals surface area contributed by atoms with Crippen molar-refractivity contribution in [2.24, 2.45) is 5.92 Å². The summed E-state index contributed by atoms with van der Waals surface area (Å²) >= 11 is 0. The number of fused-ring (bicyclic) bond motifs is 1. The summed E-state index contributed by atoms with van der Waals surface area (Å²) in [6, 6.07) is 25.1. The van der Waals surface area contributed by atoms with Crippen LogP contribution in [0.2, 0.25) is 5.04 Å². The first kappa shape index (κ1) is 29.0. The first-order valence-electron chi connectivity index (χ1n) is 14.9. The van der Waals surface area contributed by atoms with Crippen molar-refractivity contribution in [2.75, 3.05) is 6.61 Å². The van der Waals surface area contributed by atoms with Gasteiger partial charge in [-0.1, -0.05) is 81.4 Å². The maximum atomic E-state index is 13.2. The highest BCUT2D eigenvalue weighted by atomic mass is 28.4. The molecule has 3 aliphatic rings. The number of imide groups is 2. The Balaban J connectivity index is 1.12. The number of amides is 4. The van der Waals surface area contributed by atoms with Crippen LogP contribution >= 0.6 is 0 Å². The molecule has 3 aromatic carbocycles. The van der Waals surface area contributed by atoms with Crippen molar-refractivity contribution in [2.45, 2.75) is 63.6 Å². The molecule has 4 amide bonds. The highest BCUT2D eigenvalue weighted by Crippen LogP contribution is 2.39. The van der Waals surface area contributed by atoms with Gasteiger partial charge < -0.3 is 9.16 Å². The van der Waals surface area contributed by atoms with Gasteiger partial charge in [-0.3, -0.25) is 29.4 Å². The van der Waals surface area contributed by atoms with Crippen molar-refractivity contribution in [1.82, 2.24) is 10.2 Å². The monoisotopic (exact) mass is 596 g/mol. The van der Waals surface area contributed by atoms with Crippen molar-refractivity contribution < 1.29 is 28.3 Å². The van der Waals surface area contributed by atoms with Gasteiger partial charge in [0.05, 0.1) is 17.2 Å². The van der Waals surface area contributed by atoms with E-state index >= 15 is 0 Å². The number of ether oxygens (including phenoxy) is 1.